The molecule has 122 valence electrons. The standard InChI is InChI=1S/C20H24NS.HI/c1-21(2,3)14-8-12-18-17-10-5-4-9-16(17)15-22-20-13-7-6-11-19(18)20;/h4-7,9-13H,8,14-15H2,1-3H3;1H/q+1;/p-1. The van der Waals surface area contributed by atoms with E-state index in [4.69, 9.17) is 0 Å². The highest BCUT2D eigenvalue weighted by Crippen LogP contribution is 2.39. The van der Waals surface area contributed by atoms with Crippen molar-refractivity contribution in [1.29, 1.82) is 0 Å². The van der Waals surface area contributed by atoms with Crippen LogP contribution in [-0.4, -0.2) is 32.2 Å². The highest BCUT2D eigenvalue weighted by molar-refractivity contribution is 7.98. The third-order valence-electron chi connectivity index (χ3n) is 4.02. The minimum absolute atomic E-state index is 0. The molecule has 0 fully saturated rings. The normalized spacial score (nSPS) is 15.3. The maximum atomic E-state index is 2.44. The first-order valence-corrected chi connectivity index (χ1v) is 8.84. The minimum Gasteiger partial charge on any atom is -1.00 e. The molecule has 0 bridgehead atoms. The van der Waals surface area contributed by atoms with Gasteiger partial charge in [0.25, 0.3) is 0 Å². The number of thioether (sulfide) groups is 1. The fraction of sp³-hybridized carbons (Fsp3) is 0.300. The summed E-state index contributed by atoms with van der Waals surface area (Å²) in [7, 11) is 6.76. The molecule has 0 spiro atoms. The van der Waals surface area contributed by atoms with Crippen molar-refractivity contribution in [2.75, 3.05) is 27.7 Å². The van der Waals surface area contributed by atoms with Crippen molar-refractivity contribution in [3.8, 4) is 0 Å². The lowest BCUT2D eigenvalue weighted by molar-refractivity contribution is -0.869. The Morgan fingerprint density at radius 2 is 1.61 bits per heavy atom. The number of hydrogen-bond donors (Lipinski definition) is 0. The number of fused-ring (bicyclic) bond motifs is 2. The SMILES string of the molecule is C[N+](C)(C)CCC=C1c2ccccc2CSc2ccccc21.[I-]. The van der Waals surface area contributed by atoms with Gasteiger partial charge in [-0.2, -0.15) is 0 Å². The lowest BCUT2D eigenvalue weighted by Crippen LogP contribution is -3.00. The van der Waals surface area contributed by atoms with Gasteiger partial charge in [-0.3, -0.25) is 0 Å². The van der Waals surface area contributed by atoms with E-state index in [1.54, 1.807) is 0 Å². The summed E-state index contributed by atoms with van der Waals surface area (Å²) < 4.78 is 1.00. The van der Waals surface area contributed by atoms with Gasteiger partial charge in [0.15, 0.2) is 0 Å². The average Bonchev–Trinajstić information content (AvgIpc) is 2.64. The van der Waals surface area contributed by atoms with E-state index in [-0.39, 0.29) is 24.0 Å². The van der Waals surface area contributed by atoms with Gasteiger partial charge in [-0.15, -0.1) is 11.8 Å². The summed E-state index contributed by atoms with van der Waals surface area (Å²) in [5, 5.41) is 0. The number of nitrogens with zero attached hydrogens (tertiary/aromatic N) is 1. The second-order valence-electron chi connectivity index (χ2n) is 6.86. The first-order chi connectivity index (χ1) is 10.5. The molecule has 0 radical (unpaired) electrons. The summed E-state index contributed by atoms with van der Waals surface area (Å²) >= 11 is 1.95. The second-order valence-corrected chi connectivity index (χ2v) is 7.88. The van der Waals surface area contributed by atoms with Gasteiger partial charge >= 0.3 is 0 Å². The Bertz CT molecular complexity index is 651. The number of quaternary nitrogens is 1. The summed E-state index contributed by atoms with van der Waals surface area (Å²) in [6.45, 7) is 1.15. The van der Waals surface area contributed by atoms with Gasteiger partial charge in [-0.1, -0.05) is 48.5 Å². The Morgan fingerprint density at radius 3 is 2.35 bits per heavy atom. The summed E-state index contributed by atoms with van der Waals surface area (Å²) in [6.07, 6.45) is 3.54. The molecule has 2 aromatic rings. The summed E-state index contributed by atoms with van der Waals surface area (Å²) in [4.78, 5) is 1.40. The molecule has 23 heavy (non-hydrogen) atoms. The van der Waals surface area contributed by atoms with Gasteiger partial charge in [0.05, 0.1) is 27.7 Å². The molecule has 0 unspecified atom stereocenters. The van der Waals surface area contributed by atoms with Crippen LogP contribution in [0.4, 0.5) is 0 Å². The Hall–Kier alpha value is -0.780. The van der Waals surface area contributed by atoms with E-state index in [0.717, 1.165) is 23.2 Å². The first-order valence-electron chi connectivity index (χ1n) is 7.86. The maximum Gasteiger partial charge on any atom is 0.0815 e. The van der Waals surface area contributed by atoms with E-state index in [1.165, 1.54) is 27.2 Å². The molecule has 2 aromatic carbocycles. The lowest BCUT2D eigenvalue weighted by Gasteiger charge is -2.23. The first kappa shape index (κ1) is 18.6. The fourth-order valence-corrected chi connectivity index (χ4v) is 3.91. The Balaban J connectivity index is 0.00000192. The zero-order valence-electron chi connectivity index (χ0n) is 14.1. The second kappa shape index (κ2) is 7.86. The molecule has 3 heteroatoms. The number of halogens is 1. The molecule has 0 aromatic heterocycles. The largest absolute Gasteiger partial charge is 1.00 e. The third kappa shape index (κ3) is 4.61. The molecule has 1 aliphatic heterocycles. The molecule has 0 atom stereocenters. The fourth-order valence-electron chi connectivity index (χ4n) is 2.84. The van der Waals surface area contributed by atoms with Crippen LogP contribution in [0.1, 0.15) is 23.1 Å². The van der Waals surface area contributed by atoms with Crippen LogP contribution >= 0.6 is 11.8 Å². The van der Waals surface area contributed by atoms with E-state index in [2.05, 4.69) is 75.7 Å². The molecule has 0 saturated carbocycles. The third-order valence-corrected chi connectivity index (χ3v) is 5.14. The predicted molar refractivity (Wildman–Crippen MR) is 97.0 cm³/mol. The van der Waals surface area contributed by atoms with Crippen LogP contribution in [0.2, 0.25) is 0 Å². The van der Waals surface area contributed by atoms with Crippen molar-refractivity contribution in [1.82, 2.24) is 0 Å². The summed E-state index contributed by atoms with van der Waals surface area (Å²) in [5.74, 6) is 1.06. The molecule has 1 aliphatic rings. The number of rotatable bonds is 3. The molecule has 1 nitrogen and oxygen atoms in total. The predicted octanol–water partition coefficient (Wildman–Crippen LogP) is 1.82. The van der Waals surface area contributed by atoms with Gasteiger partial charge in [-0.25, -0.2) is 0 Å². The molecule has 0 saturated heterocycles. The number of hydrogen-bond acceptors (Lipinski definition) is 1. The van der Waals surface area contributed by atoms with Crippen molar-refractivity contribution < 1.29 is 28.5 Å². The van der Waals surface area contributed by atoms with Crippen LogP contribution in [-0.2, 0) is 5.75 Å². The van der Waals surface area contributed by atoms with Crippen molar-refractivity contribution in [3.05, 3.63) is 71.3 Å². The summed E-state index contributed by atoms with van der Waals surface area (Å²) in [6, 6.07) is 17.7. The van der Waals surface area contributed by atoms with Crippen LogP contribution in [0.15, 0.2) is 59.5 Å². The van der Waals surface area contributed by atoms with Crippen molar-refractivity contribution in [2.45, 2.75) is 17.1 Å². The van der Waals surface area contributed by atoms with E-state index < -0.39 is 0 Å². The Kier molecular flexibility index (Phi) is 6.34. The molecule has 0 N–H and O–H groups in total. The molecular formula is C20H24INS. The zero-order valence-corrected chi connectivity index (χ0v) is 17.0. The van der Waals surface area contributed by atoms with Gasteiger partial charge in [0, 0.05) is 17.1 Å². The van der Waals surface area contributed by atoms with Crippen molar-refractivity contribution in [3.63, 3.8) is 0 Å². The van der Waals surface area contributed by atoms with Gasteiger partial charge in [-0.05, 0) is 28.3 Å². The van der Waals surface area contributed by atoms with Gasteiger partial charge in [0.1, 0.15) is 0 Å². The molecule has 1 heterocycles. The van der Waals surface area contributed by atoms with Crippen LogP contribution in [0.3, 0.4) is 0 Å². The molecule has 0 aliphatic carbocycles. The smallest absolute Gasteiger partial charge is 0.0815 e. The maximum absolute atomic E-state index is 2.44. The van der Waals surface area contributed by atoms with E-state index in [1.807, 2.05) is 11.8 Å². The quantitative estimate of drug-likeness (QED) is 0.522. The molecule has 3 rings (SSSR count). The molecule has 0 amide bonds. The summed E-state index contributed by atoms with van der Waals surface area (Å²) in [5.41, 5.74) is 5.64. The highest BCUT2D eigenvalue weighted by atomic mass is 127. The van der Waals surface area contributed by atoms with Crippen LogP contribution < -0.4 is 24.0 Å². The van der Waals surface area contributed by atoms with Crippen molar-refractivity contribution >= 4 is 17.3 Å². The molecular weight excluding hydrogens is 413 g/mol. The van der Waals surface area contributed by atoms with Gasteiger partial charge in [0.2, 0.25) is 0 Å². The van der Waals surface area contributed by atoms with Crippen molar-refractivity contribution in [2.24, 2.45) is 0 Å². The highest BCUT2D eigenvalue weighted by Gasteiger charge is 2.18. The van der Waals surface area contributed by atoms with Crippen LogP contribution in [0.25, 0.3) is 5.57 Å². The monoisotopic (exact) mass is 437 g/mol. The van der Waals surface area contributed by atoms with E-state index in [9.17, 15) is 0 Å². The van der Waals surface area contributed by atoms with E-state index in [0.29, 0.717) is 0 Å². The van der Waals surface area contributed by atoms with E-state index >= 15 is 0 Å². The van der Waals surface area contributed by atoms with Crippen LogP contribution in [0.5, 0.6) is 0 Å². The Labute approximate surface area is 161 Å². The average molecular weight is 437 g/mol. The zero-order chi connectivity index (χ0) is 15.6. The van der Waals surface area contributed by atoms with Gasteiger partial charge < -0.3 is 28.5 Å². The van der Waals surface area contributed by atoms with Crippen LogP contribution in [0, 0.1) is 0 Å². The minimum atomic E-state index is 0. The number of benzene rings is 2. The lowest BCUT2D eigenvalue weighted by atomic mass is 9.93. The Morgan fingerprint density at radius 1 is 0.957 bits per heavy atom. The topological polar surface area (TPSA) is 0 Å².